The molecule has 1 amide bonds. The van der Waals surface area contributed by atoms with E-state index >= 15 is 0 Å². The van der Waals surface area contributed by atoms with Crippen LogP contribution in [-0.4, -0.2) is 33.7 Å². The summed E-state index contributed by atoms with van der Waals surface area (Å²) >= 11 is 0.983. The van der Waals surface area contributed by atoms with Gasteiger partial charge in [-0.1, -0.05) is 11.8 Å². The molecule has 10 heteroatoms. The third-order valence-electron chi connectivity index (χ3n) is 3.89. The first kappa shape index (κ1) is 21.6. The van der Waals surface area contributed by atoms with Crippen molar-refractivity contribution in [1.82, 2.24) is 15.0 Å². The van der Waals surface area contributed by atoms with Crippen LogP contribution in [-0.2, 0) is 11.0 Å². The molecule has 0 unspecified atom stereocenters. The van der Waals surface area contributed by atoms with Crippen molar-refractivity contribution < 1.29 is 22.7 Å². The van der Waals surface area contributed by atoms with Crippen LogP contribution in [0.2, 0.25) is 0 Å². The van der Waals surface area contributed by atoms with Crippen molar-refractivity contribution in [2.45, 2.75) is 17.8 Å². The maximum Gasteiger partial charge on any atom is 0.433 e. The van der Waals surface area contributed by atoms with E-state index in [2.05, 4.69) is 20.3 Å². The van der Waals surface area contributed by atoms with Gasteiger partial charge in [0.15, 0.2) is 5.16 Å². The maximum atomic E-state index is 13.3. The van der Waals surface area contributed by atoms with Crippen LogP contribution < -0.4 is 10.1 Å². The molecular formula is C20H17F3N4O2S. The smallest absolute Gasteiger partial charge is 0.433 e. The second-order valence-corrected chi connectivity index (χ2v) is 7.10. The number of ether oxygens (including phenoxy) is 1. The minimum atomic E-state index is -4.61. The monoisotopic (exact) mass is 434 g/mol. The fourth-order valence-electron chi connectivity index (χ4n) is 2.44. The Morgan fingerprint density at radius 2 is 1.93 bits per heavy atom. The molecule has 156 valence electrons. The van der Waals surface area contributed by atoms with Crippen molar-refractivity contribution in [1.29, 1.82) is 0 Å². The van der Waals surface area contributed by atoms with Crippen LogP contribution in [0.5, 0.6) is 5.75 Å². The SMILES string of the molecule is COc1ccc(-c2cc(C(F)(F)F)nc(SCCC(=O)Nc3cccnc3)n2)cc1. The quantitative estimate of drug-likeness (QED) is 0.430. The van der Waals surface area contributed by atoms with Gasteiger partial charge in [-0.2, -0.15) is 13.2 Å². The lowest BCUT2D eigenvalue weighted by molar-refractivity contribution is -0.141. The van der Waals surface area contributed by atoms with Crippen molar-refractivity contribution in [3.8, 4) is 17.0 Å². The number of methoxy groups -OCH3 is 1. The summed E-state index contributed by atoms with van der Waals surface area (Å²) in [6, 6.07) is 10.8. The lowest BCUT2D eigenvalue weighted by Crippen LogP contribution is -2.13. The predicted octanol–water partition coefficient (Wildman–Crippen LogP) is 4.69. The van der Waals surface area contributed by atoms with Crippen molar-refractivity contribution in [2.24, 2.45) is 0 Å². The molecule has 0 fully saturated rings. The molecule has 0 bridgehead atoms. The number of benzene rings is 1. The highest BCUT2D eigenvalue weighted by atomic mass is 32.2. The molecule has 2 heterocycles. The number of hydrogen-bond donors (Lipinski definition) is 1. The highest BCUT2D eigenvalue weighted by molar-refractivity contribution is 7.99. The molecule has 0 saturated carbocycles. The standard InChI is InChI=1S/C20H17F3N4O2S/c1-29-15-6-4-13(5-7-15)16-11-17(20(21,22)23)27-19(26-16)30-10-8-18(28)25-14-3-2-9-24-12-14/h2-7,9,11-12H,8,10H2,1H3,(H,25,28). The Balaban J connectivity index is 1.72. The summed E-state index contributed by atoms with van der Waals surface area (Å²) < 4.78 is 44.9. The van der Waals surface area contributed by atoms with Gasteiger partial charge in [0.25, 0.3) is 0 Å². The fraction of sp³-hybridized carbons (Fsp3) is 0.200. The molecule has 0 aliphatic heterocycles. The molecule has 2 aromatic heterocycles. The van der Waals surface area contributed by atoms with Crippen molar-refractivity contribution in [3.05, 3.63) is 60.6 Å². The van der Waals surface area contributed by atoms with Gasteiger partial charge < -0.3 is 10.1 Å². The third kappa shape index (κ3) is 5.93. The van der Waals surface area contributed by atoms with Gasteiger partial charge in [0, 0.05) is 23.9 Å². The van der Waals surface area contributed by atoms with Gasteiger partial charge in [-0.25, -0.2) is 9.97 Å². The zero-order valence-corrected chi connectivity index (χ0v) is 16.6. The van der Waals surface area contributed by atoms with Crippen LogP contribution in [0.15, 0.2) is 60.0 Å². The van der Waals surface area contributed by atoms with E-state index in [0.29, 0.717) is 17.0 Å². The first-order valence-corrected chi connectivity index (χ1v) is 9.77. The number of nitrogens with one attached hydrogen (secondary N) is 1. The number of amides is 1. The maximum absolute atomic E-state index is 13.3. The van der Waals surface area contributed by atoms with Crippen molar-refractivity contribution >= 4 is 23.4 Å². The van der Waals surface area contributed by atoms with Crippen LogP contribution >= 0.6 is 11.8 Å². The van der Waals surface area contributed by atoms with E-state index in [-0.39, 0.29) is 28.9 Å². The number of thioether (sulfide) groups is 1. The summed E-state index contributed by atoms with van der Waals surface area (Å²) in [5.41, 5.74) is 0.150. The molecule has 1 N–H and O–H groups in total. The Labute approximate surface area is 174 Å². The van der Waals surface area contributed by atoms with Crippen LogP contribution in [0, 0.1) is 0 Å². The molecule has 1 aromatic carbocycles. The van der Waals surface area contributed by atoms with Crippen LogP contribution in [0.25, 0.3) is 11.3 Å². The lowest BCUT2D eigenvalue weighted by atomic mass is 10.1. The van der Waals surface area contributed by atoms with E-state index in [4.69, 9.17) is 4.74 Å². The van der Waals surface area contributed by atoms with E-state index in [9.17, 15) is 18.0 Å². The molecule has 0 aliphatic carbocycles. The summed E-state index contributed by atoms with van der Waals surface area (Å²) in [5.74, 6) is 0.520. The zero-order chi connectivity index (χ0) is 21.6. The number of rotatable bonds is 7. The molecule has 3 rings (SSSR count). The number of hydrogen-bond acceptors (Lipinski definition) is 6. The normalized spacial score (nSPS) is 11.2. The topological polar surface area (TPSA) is 77.0 Å². The van der Waals surface area contributed by atoms with Gasteiger partial charge in [-0.15, -0.1) is 0 Å². The van der Waals surface area contributed by atoms with E-state index in [1.54, 1.807) is 42.6 Å². The van der Waals surface area contributed by atoms with Crippen LogP contribution in [0.1, 0.15) is 12.1 Å². The number of pyridine rings is 1. The second kappa shape index (κ2) is 9.57. The summed E-state index contributed by atoms with van der Waals surface area (Å²) in [7, 11) is 1.50. The Bertz CT molecular complexity index is 999. The van der Waals surface area contributed by atoms with Crippen LogP contribution in [0.3, 0.4) is 0 Å². The number of alkyl halides is 3. The average molecular weight is 434 g/mol. The van der Waals surface area contributed by atoms with Gasteiger partial charge in [0.05, 0.1) is 24.7 Å². The van der Waals surface area contributed by atoms with Gasteiger partial charge in [-0.05, 0) is 42.5 Å². The first-order valence-electron chi connectivity index (χ1n) is 8.78. The van der Waals surface area contributed by atoms with E-state index in [1.165, 1.54) is 13.3 Å². The number of aromatic nitrogens is 3. The fourth-order valence-corrected chi connectivity index (χ4v) is 3.24. The molecule has 30 heavy (non-hydrogen) atoms. The Kier molecular flexibility index (Phi) is 6.88. The highest BCUT2D eigenvalue weighted by Crippen LogP contribution is 2.32. The second-order valence-electron chi connectivity index (χ2n) is 6.04. The Morgan fingerprint density at radius 1 is 1.17 bits per heavy atom. The Hall–Kier alpha value is -3.14. The minimum Gasteiger partial charge on any atom is -0.497 e. The lowest BCUT2D eigenvalue weighted by Gasteiger charge is -2.11. The zero-order valence-electron chi connectivity index (χ0n) is 15.8. The van der Waals surface area contributed by atoms with E-state index < -0.39 is 11.9 Å². The summed E-state index contributed by atoms with van der Waals surface area (Å²) in [5, 5.41) is 2.61. The Morgan fingerprint density at radius 3 is 2.57 bits per heavy atom. The largest absolute Gasteiger partial charge is 0.497 e. The number of carbonyl (C=O) groups is 1. The minimum absolute atomic E-state index is 0.0511. The molecule has 6 nitrogen and oxygen atoms in total. The number of anilines is 1. The molecule has 0 aliphatic rings. The molecule has 0 spiro atoms. The molecule has 0 radical (unpaired) electrons. The summed E-state index contributed by atoms with van der Waals surface area (Å²) in [6.07, 6.45) is -1.45. The molecule has 0 saturated heterocycles. The molecule has 3 aromatic rings. The third-order valence-corrected chi connectivity index (χ3v) is 4.74. The number of halogens is 3. The molecular weight excluding hydrogens is 417 g/mol. The van der Waals surface area contributed by atoms with E-state index in [0.717, 1.165) is 17.8 Å². The van der Waals surface area contributed by atoms with Crippen LogP contribution in [0.4, 0.5) is 18.9 Å². The summed E-state index contributed by atoms with van der Waals surface area (Å²) in [4.78, 5) is 23.7. The summed E-state index contributed by atoms with van der Waals surface area (Å²) in [6.45, 7) is 0. The number of nitrogens with zero attached hydrogens (tertiary/aromatic N) is 3. The van der Waals surface area contributed by atoms with Crippen molar-refractivity contribution in [2.75, 3.05) is 18.2 Å². The average Bonchev–Trinajstić information content (AvgIpc) is 2.74. The van der Waals surface area contributed by atoms with Gasteiger partial charge in [0.1, 0.15) is 11.4 Å². The highest BCUT2D eigenvalue weighted by Gasteiger charge is 2.33. The predicted molar refractivity (Wildman–Crippen MR) is 107 cm³/mol. The van der Waals surface area contributed by atoms with Gasteiger partial charge in [0.2, 0.25) is 5.91 Å². The first-order chi connectivity index (χ1) is 14.3. The van der Waals surface area contributed by atoms with Gasteiger partial charge in [-0.3, -0.25) is 9.78 Å². The van der Waals surface area contributed by atoms with Gasteiger partial charge >= 0.3 is 6.18 Å². The number of carbonyl (C=O) groups excluding carboxylic acids is 1. The van der Waals surface area contributed by atoms with E-state index in [1.807, 2.05) is 0 Å². The molecule has 0 atom stereocenters. The van der Waals surface area contributed by atoms with Crippen molar-refractivity contribution in [3.63, 3.8) is 0 Å².